The van der Waals surface area contributed by atoms with Crippen molar-refractivity contribution >= 4 is 18.8 Å². The Balaban J connectivity index is 1.99. The van der Waals surface area contributed by atoms with E-state index >= 15 is 0 Å². The molecule has 1 unspecified atom stereocenters. The van der Waals surface area contributed by atoms with Gasteiger partial charge in [-0.3, -0.25) is 0 Å². The Morgan fingerprint density at radius 2 is 1.80 bits per heavy atom. The maximum absolute atomic E-state index is 13.0. The number of nitrogens with zero attached hydrogens (tertiary/aromatic N) is 2. The summed E-state index contributed by atoms with van der Waals surface area (Å²) in [5, 5.41) is 0. The van der Waals surface area contributed by atoms with Crippen LogP contribution in [-0.4, -0.2) is 19.8 Å². The van der Waals surface area contributed by atoms with Gasteiger partial charge in [0.15, 0.2) is 7.43 Å². The lowest BCUT2D eigenvalue weighted by molar-refractivity contribution is 0.395. The van der Waals surface area contributed by atoms with E-state index in [9.17, 15) is 4.39 Å². The number of para-hydroxylation sites is 1. The van der Waals surface area contributed by atoms with Gasteiger partial charge < -0.3 is 9.19 Å². The van der Waals surface area contributed by atoms with Gasteiger partial charge in [0.1, 0.15) is 5.82 Å². The molecule has 1 aliphatic heterocycles. The first kappa shape index (κ1) is 13.3. The minimum atomic E-state index is -2.05. The second kappa shape index (κ2) is 5.39. The van der Waals surface area contributed by atoms with E-state index in [0.29, 0.717) is 6.61 Å². The van der Waals surface area contributed by atoms with Crippen molar-refractivity contribution in [1.29, 1.82) is 0 Å². The molecule has 0 spiro atoms. The zero-order chi connectivity index (χ0) is 14.0. The monoisotopic (exact) mass is 290 g/mol. The SMILES string of the molecule is CP1(=Nc2ccc(F)cc2)OCCN1c1ccccc1. The molecule has 3 rings (SSSR count). The molecular formula is C15H16FN2OP. The zero-order valence-corrected chi connectivity index (χ0v) is 12.1. The fourth-order valence-corrected chi connectivity index (χ4v) is 4.61. The van der Waals surface area contributed by atoms with Gasteiger partial charge in [0.2, 0.25) is 0 Å². The minimum absolute atomic E-state index is 0.250. The molecule has 3 nitrogen and oxygen atoms in total. The van der Waals surface area contributed by atoms with E-state index in [2.05, 4.69) is 16.8 Å². The fourth-order valence-electron chi connectivity index (χ4n) is 2.30. The van der Waals surface area contributed by atoms with Crippen molar-refractivity contribution in [3.8, 4) is 0 Å². The largest absolute Gasteiger partial charge is 0.327 e. The fraction of sp³-hybridized carbons (Fsp3) is 0.200. The van der Waals surface area contributed by atoms with Gasteiger partial charge in [-0.1, -0.05) is 18.2 Å². The molecule has 2 aromatic rings. The summed E-state index contributed by atoms with van der Waals surface area (Å²) in [6, 6.07) is 16.4. The normalized spacial score (nSPS) is 22.0. The molecule has 0 amide bonds. The maximum Gasteiger partial charge on any atom is 0.180 e. The van der Waals surface area contributed by atoms with Crippen LogP contribution in [0.15, 0.2) is 59.3 Å². The second-order valence-corrected chi connectivity index (χ2v) is 7.32. The number of hydrogen-bond acceptors (Lipinski definition) is 2. The molecule has 2 aromatic carbocycles. The first-order valence-corrected chi connectivity index (χ1v) is 8.56. The van der Waals surface area contributed by atoms with Crippen LogP contribution in [0.4, 0.5) is 15.8 Å². The number of benzene rings is 2. The van der Waals surface area contributed by atoms with E-state index in [4.69, 9.17) is 9.27 Å². The maximum atomic E-state index is 13.0. The van der Waals surface area contributed by atoms with E-state index in [1.165, 1.54) is 12.1 Å². The highest BCUT2D eigenvalue weighted by atomic mass is 31.2. The second-order valence-electron chi connectivity index (χ2n) is 4.70. The first-order chi connectivity index (χ1) is 9.67. The molecule has 1 saturated heterocycles. The Morgan fingerprint density at radius 1 is 1.10 bits per heavy atom. The van der Waals surface area contributed by atoms with E-state index in [1.807, 2.05) is 24.9 Å². The smallest absolute Gasteiger partial charge is 0.180 e. The Bertz CT molecular complexity index is 643. The lowest BCUT2D eigenvalue weighted by Crippen LogP contribution is -2.14. The van der Waals surface area contributed by atoms with E-state index in [0.717, 1.165) is 17.9 Å². The Hall–Kier alpha value is -1.64. The molecular weight excluding hydrogens is 274 g/mol. The average Bonchev–Trinajstić information content (AvgIpc) is 2.84. The van der Waals surface area contributed by atoms with Gasteiger partial charge in [-0.05, 0) is 36.4 Å². The van der Waals surface area contributed by atoms with Crippen LogP contribution >= 0.6 is 7.43 Å². The third-order valence-electron chi connectivity index (χ3n) is 3.27. The van der Waals surface area contributed by atoms with Gasteiger partial charge in [-0.2, -0.15) is 0 Å². The minimum Gasteiger partial charge on any atom is -0.327 e. The molecule has 0 aromatic heterocycles. The molecule has 0 N–H and O–H groups in total. The summed E-state index contributed by atoms with van der Waals surface area (Å²) in [5.74, 6) is -0.250. The molecule has 0 bridgehead atoms. The molecule has 20 heavy (non-hydrogen) atoms. The van der Waals surface area contributed by atoms with Crippen LogP contribution in [0, 0.1) is 5.82 Å². The molecule has 0 aliphatic carbocycles. The standard InChI is InChI=1S/C15H16FN2OP/c1-20(17-14-9-7-13(16)8-10-14)18(11-12-19-20)15-5-3-2-4-6-15/h2-10H,11-12H2,1H3. The molecule has 104 valence electrons. The van der Waals surface area contributed by atoms with E-state index in [-0.39, 0.29) is 5.82 Å². The van der Waals surface area contributed by atoms with Crippen LogP contribution in [0.25, 0.3) is 0 Å². The van der Waals surface area contributed by atoms with Gasteiger partial charge in [-0.15, -0.1) is 0 Å². The third-order valence-corrected chi connectivity index (χ3v) is 5.87. The van der Waals surface area contributed by atoms with Gasteiger partial charge >= 0.3 is 0 Å². The summed E-state index contributed by atoms with van der Waals surface area (Å²) in [7, 11) is -2.05. The zero-order valence-electron chi connectivity index (χ0n) is 11.2. The molecule has 1 heterocycles. The first-order valence-electron chi connectivity index (χ1n) is 6.50. The summed E-state index contributed by atoms with van der Waals surface area (Å²) in [6.07, 6.45) is 0. The van der Waals surface area contributed by atoms with Crippen LogP contribution in [-0.2, 0) is 4.52 Å². The van der Waals surface area contributed by atoms with Crippen molar-refractivity contribution in [3.63, 3.8) is 0 Å². The van der Waals surface area contributed by atoms with E-state index in [1.54, 1.807) is 12.1 Å². The van der Waals surface area contributed by atoms with Crippen LogP contribution in [0.5, 0.6) is 0 Å². The van der Waals surface area contributed by atoms with Crippen molar-refractivity contribution < 1.29 is 8.91 Å². The Morgan fingerprint density at radius 3 is 2.50 bits per heavy atom. The molecule has 1 fully saturated rings. The van der Waals surface area contributed by atoms with Crippen LogP contribution in [0.2, 0.25) is 0 Å². The molecule has 5 heteroatoms. The van der Waals surface area contributed by atoms with Gasteiger partial charge in [0, 0.05) is 18.9 Å². The molecule has 1 aliphatic rings. The van der Waals surface area contributed by atoms with Gasteiger partial charge in [0.25, 0.3) is 0 Å². The highest BCUT2D eigenvalue weighted by Gasteiger charge is 2.30. The number of hydrogen-bond donors (Lipinski definition) is 0. The summed E-state index contributed by atoms with van der Waals surface area (Å²) < 4.78 is 25.8. The average molecular weight is 290 g/mol. The van der Waals surface area contributed by atoms with Crippen LogP contribution in [0.3, 0.4) is 0 Å². The molecule has 1 atom stereocenters. The lowest BCUT2D eigenvalue weighted by Gasteiger charge is -2.26. The summed E-state index contributed by atoms with van der Waals surface area (Å²) in [4.78, 5) is 0. The Kier molecular flexibility index (Phi) is 3.60. The van der Waals surface area contributed by atoms with Crippen molar-refractivity contribution in [2.24, 2.45) is 4.74 Å². The van der Waals surface area contributed by atoms with Crippen LogP contribution in [0.1, 0.15) is 0 Å². The summed E-state index contributed by atoms with van der Waals surface area (Å²) in [6.45, 7) is 3.54. The number of anilines is 1. The van der Waals surface area contributed by atoms with Gasteiger partial charge in [-0.25, -0.2) is 9.14 Å². The third kappa shape index (κ3) is 2.62. The highest BCUT2D eigenvalue weighted by Crippen LogP contribution is 2.57. The van der Waals surface area contributed by atoms with E-state index < -0.39 is 7.43 Å². The molecule has 0 radical (unpaired) electrons. The number of rotatable bonds is 2. The quantitative estimate of drug-likeness (QED) is 0.752. The topological polar surface area (TPSA) is 24.8 Å². The van der Waals surface area contributed by atoms with Crippen molar-refractivity contribution in [3.05, 3.63) is 60.4 Å². The Labute approximate surface area is 118 Å². The van der Waals surface area contributed by atoms with Crippen LogP contribution < -0.4 is 4.67 Å². The molecule has 0 saturated carbocycles. The predicted octanol–water partition coefficient (Wildman–Crippen LogP) is 4.66. The van der Waals surface area contributed by atoms with Crippen molar-refractivity contribution in [2.45, 2.75) is 0 Å². The predicted molar refractivity (Wildman–Crippen MR) is 81.1 cm³/mol. The van der Waals surface area contributed by atoms with Crippen molar-refractivity contribution in [2.75, 3.05) is 24.5 Å². The summed E-state index contributed by atoms with van der Waals surface area (Å²) >= 11 is 0. The highest BCUT2D eigenvalue weighted by molar-refractivity contribution is 7.62. The lowest BCUT2D eigenvalue weighted by atomic mass is 10.3. The number of halogens is 1. The van der Waals surface area contributed by atoms with Crippen molar-refractivity contribution in [1.82, 2.24) is 0 Å². The van der Waals surface area contributed by atoms with Gasteiger partial charge in [0.05, 0.1) is 12.3 Å². The summed E-state index contributed by atoms with van der Waals surface area (Å²) in [5.41, 5.74) is 1.87.